The fraction of sp³-hybridized carbons (Fsp3) is 1.00. The van der Waals surface area contributed by atoms with Gasteiger partial charge in [-0.15, -0.1) is 0 Å². The molecule has 0 unspecified atom stereocenters. The molecule has 1 saturated heterocycles. The van der Waals surface area contributed by atoms with Crippen LogP contribution < -0.4 is 0 Å². The van der Waals surface area contributed by atoms with Crippen molar-refractivity contribution in [1.29, 1.82) is 0 Å². The first-order chi connectivity index (χ1) is 3.71. The van der Waals surface area contributed by atoms with Crippen LogP contribution in [0, 0.1) is 0 Å². The fourth-order valence-corrected chi connectivity index (χ4v) is 1.55. The first-order valence-corrected chi connectivity index (χ1v) is 4.56. The third kappa shape index (κ3) is 14.7. The summed E-state index contributed by atoms with van der Waals surface area (Å²) in [7, 11) is -2.59. The van der Waals surface area contributed by atoms with Gasteiger partial charge in [-0.3, -0.25) is 4.57 Å². The summed E-state index contributed by atoms with van der Waals surface area (Å²) in [5, 5.41) is 0. The van der Waals surface area contributed by atoms with Gasteiger partial charge in [0.1, 0.15) is 0 Å². The highest BCUT2D eigenvalue weighted by molar-refractivity contribution is 7.53. The third-order valence-electron chi connectivity index (χ3n) is 0.940. The second-order valence-electron chi connectivity index (χ2n) is 1.79. The van der Waals surface area contributed by atoms with Gasteiger partial charge in [0.25, 0.3) is 0 Å². The van der Waals surface area contributed by atoms with E-state index in [2.05, 4.69) is 0 Å². The summed E-state index contributed by atoms with van der Waals surface area (Å²) in [6, 6.07) is 0. The van der Waals surface area contributed by atoms with E-state index < -0.39 is 7.60 Å². The lowest BCUT2D eigenvalue weighted by atomic mass is 10.5. The van der Waals surface area contributed by atoms with E-state index in [9.17, 15) is 4.57 Å². The summed E-state index contributed by atoms with van der Waals surface area (Å²) in [4.78, 5) is 0. The smallest absolute Gasteiger partial charge is 0.309 e. The predicted molar refractivity (Wildman–Crippen MR) is 70.4 cm³/mol. The van der Waals surface area contributed by atoms with Crippen molar-refractivity contribution in [1.82, 2.24) is 0 Å². The molecule has 96 valence electrons. The summed E-state index contributed by atoms with van der Waals surface area (Å²) < 4.78 is 20.4. The van der Waals surface area contributed by atoms with Gasteiger partial charge < -0.3 is 9.05 Å². The summed E-state index contributed by atoms with van der Waals surface area (Å²) in [5.74, 6) is 0. The molecule has 0 aromatic rings. The Morgan fingerprint density at radius 1 is 0.857 bits per heavy atom. The average Bonchev–Trinajstić information content (AvgIpc) is 1.65. The first kappa shape index (κ1) is 36.8. The van der Waals surface area contributed by atoms with Gasteiger partial charge in [0, 0.05) is 6.66 Å². The van der Waals surface area contributed by atoms with Crippen LogP contribution in [-0.2, 0) is 13.6 Å². The van der Waals surface area contributed by atoms with Crippen LogP contribution in [-0.4, -0.2) is 19.9 Å². The van der Waals surface area contributed by atoms with E-state index in [1.165, 1.54) is 6.66 Å². The van der Waals surface area contributed by atoms with E-state index in [1.54, 1.807) is 0 Å². The molecule has 1 rings (SSSR count). The lowest BCUT2D eigenvalue weighted by molar-refractivity contribution is 0.150. The minimum absolute atomic E-state index is 0. The average molecular weight is 232 g/mol. The maximum absolute atomic E-state index is 10.8. The van der Waals surface area contributed by atoms with Crippen molar-refractivity contribution in [3.8, 4) is 0 Å². The zero-order chi connectivity index (χ0) is 6.04. The third-order valence-corrected chi connectivity index (χ3v) is 2.24. The minimum Gasteiger partial charge on any atom is -0.309 e. The minimum atomic E-state index is -2.59. The van der Waals surface area contributed by atoms with Crippen LogP contribution in [0.3, 0.4) is 0 Å². The second kappa shape index (κ2) is 15.6. The Labute approximate surface area is 92.7 Å². The monoisotopic (exact) mass is 232 g/mol. The fourth-order valence-electron chi connectivity index (χ4n) is 0.557. The number of rotatable bonds is 0. The molecule has 1 aliphatic heterocycles. The lowest BCUT2D eigenvalue weighted by Crippen LogP contribution is -2.06. The van der Waals surface area contributed by atoms with Crippen LogP contribution in [0.25, 0.3) is 0 Å². The van der Waals surface area contributed by atoms with Crippen LogP contribution in [0.4, 0.5) is 0 Å². The molecule has 0 aliphatic carbocycles. The molecule has 1 aliphatic rings. The summed E-state index contributed by atoms with van der Waals surface area (Å²) >= 11 is 0. The maximum atomic E-state index is 10.8. The highest BCUT2D eigenvalue weighted by atomic mass is 31.2. The molecule has 0 bridgehead atoms. The molecule has 1 fully saturated rings. The standard InChI is InChI=1S/C4H9O3P.6CH4/c1-8(5)6-3-2-4-7-8;;;;;;/h2-4H2,1H3;6*1H4. The van der Waals surface area contributed by atoms with Gasteiger partial charge in [0.05, 0.1) is 13.2 Å². The Morgan fingerprint density at radius 2 is 1.14 bits per heavy atom. The second-order valence-corrected chi connectivity index (χ2v) is 3.85. The SMILES string of the molecule is C.C.C.C.C.C.CP1(=O)OCCCO1. The molecule has 4 heteroatoms. The van der Waals surface area contributed by atoms with E-state index in [4.69, 9.17) is 9.05 Å². The molecule has 14 heavy (non-hydrogen) atoms. The summed E-state index contributed by atoms with van der Waals surface area (Å²) in [6.07, 6.45) is 0.859. The Balaban J connectivity index is -0.0000000267. The maximum Gasteiger partial charge on any atom is 0.327 e. The topological polar surface area (TPSA) is 35.5 Å². The van der Waals surface area contributed by atoms with Crippen LogP contribution in [0.15, 0.2) is 0 Å². The lowest BCUT2D eigenvalue weighted by Gasteiger charge is -2.18. The highest BCUT2D eigenvalue weighted by Crippen LogP contribution is 2.46. The Kier molecular flexibility index (Phi) is 41.1. The largest absolute Gasteiger partial charge is 0.327 e. The van der Waals surface area contributed by atoms with Crippen molar-refractivity contribution in [2.45, 2.75) is 51.0 Å². The zero-order valence-corrected chi connectivity index (χ0v) is 5.69. The molecule has 0 amide bonds. The Hall–Kier alpha value is 0.150. The molecule has 0 atom stereocenters. The van der Waals surface area contributed by atoms with Crippen LogP contribution in [0.1, 0.15) is 51.0 Å². The zero-order valence-electron chi connectivity index (χ0n) is 4.79. The Bertz CT molecular complexity index is 117. The number of hydrogen-bond acceptors (Lipinski definition) is 3. The van der Waals surface area contributed by atoms with Crippen molar-refractivity contribution < 1.29 is 13.6 Å². The molecule has 1 heterocycles. The Morgan fingerprint density at radius 3 is 1.29 bits per heavy atom. The molecular weight excluding hydrogens is 199 g/mol. The highest BCUT2D eigenvalue weighted by Gasteiger charge is 2.19. The summed E-state index contributed by atoms with van der Waals surface area (Å²) in [5.41, 5.74) is 0. The van der Waals surface area contributed by atoms with Gasteiger partial charge in [-0.2, -0.15) is 0 Å². The van der Waals surface area contributed by atoms with Crippen LogP contribution in [0.5, 0.6) is 0 Å². The van der Waals surface area contributed by atoms with Crippen molar-refractivity contribution in [2.24, 2.45) is 0 Å². The van der Waals surface area contributed by atoms with Gasteiger partial charge in [-0.25, -0.2) is 0 Å². The quantitative estimate of drug-likeness (QED) is 0.547. The van der Waals surface area contributed by atoms with E-state index in [0.29, 0.717) is 13.2 Å². The molecule has 0 spiro atoms. The van der Waals surface area contributed by atoms with Crippen molar-refractivity contribution in [2.75, 3.05) is 19.9 Å². The van der Waals surface area contributed by atoms with E-state index in [-0.39, 0.29) is 44.6 Å². The molecule has 0 radical (unpaired) electrons. The first-order valence-electron chi connectivity index (χ1n) is 2.57. The molecular formula is C10H33O3P. The van der Waals surface area contributed by atoms with Gasteiger partial charge in [0.2, 0.25) is 0 Å². The van der Waals surface area contributed by atoms with Crippen molar-refractivity contribution in [3.05, 3.63) is 0 Å². The summed E-state index contributed by atoms with van der Waals surface area (Å²) in [6.45, 7) is 2.65. The van der Waals surface area contributed by atoms with E-state index in [1.807, 2.05) is 0 Å². The molecule has 3 nitrogen and oxygen atoms in total. The van der Waals surface area contributed by atoms with Gasteiger partial charge in [-0.1, -0.05) is 44.6 Å². The predicted octanol–water partition coefficient (Wildman–Crippen LogP) is 5.06. The van der Waals surface area contributed by atoms with Crippen LogP contribution >= 0.6 is 7.60 Å². The molecule has 0 aromatic carbocycles. The van der Waals surface area contributed by atoms with E-state index in [0.717, 1.165) is 6.42 Å². The van der Waals surface area contributed by atoms with Crippen molar-refractivity contribution in [3.63, 3.8) is 0 Å². The van der Waals surface area contributed by atoms with Gasteiger partial charge >= 0.3 is 7.60 Å². The van der Waals surface area contributed by atoms with Crippen molar-refractivity contribution >= 4 is 7.60 Å². The normalized spacial score (nSPS) is 15.8. The van der Waals surface area contributed by atoms with Gasteiger partial charge in [0.15, 0.2) is 0 Å². The molecule has 0 N–H and O–H groups in total. The van der Waals surface area contributed by atoms with Gasteiger partial charge in [-0.05, 0) is 6.42 Å². The van der Waals surface area contributed by atoms with Crippen LogP contribution in [0.2, 0.25) is 0 Å². The number of hydrogen-bond donors (Lipinski definition) is 0. The van der Waals surface area contributed by atoms with E-state index >= 15 is 0 Å². The molecule has 0 aromatic heterocycles. The molecule has 0 saturated carbocycles.